The summed E-state index contributed by atoms with van der Waals surface area (Å²) in [5.74, 6) is -0.271. The maximum absolute atomic E-state index is 13.2. The summed E-state index contributed by atoms with van der Waals surface area (Å²) in [5.41, 5.74) is 0.365. The number of amides is 2. The van der Waals surface area contributed by atoms with Crippen molar-refractivity contribution in [2.24, 2.45) is 0 Å². The number of nitrogens with zero attached hydrogens (tertiary/aromatic N) is 2. The van der Waals surface area contributed by atoms with Crippen molar-refractivity contribution in [3.05, 3.63) is 41.7 Å². The minimum absolute atomic E-state index is 0.152. The highest BCUT2D eigenvalue weighted by atomic mass is 16.6. The predicted molar refractivity (Wildman–Crippen MR) is 120 cm³/mol. The van der Waals surface area contributed by atoms with Gasteiger partial charge in [0.05, 0.1) is 17.8 Å². The molecule has 31 heavy (non-hydrogen) atoms. The first-order valence-electron chi connectivity index (χ1n) is 10.7. The second-order valence-electron chi connectivity index (χ2n) is 9.59. The molecule has 1 fully saturated rings. The average molecular weight is 428 g/mol. The van der Waals surface area contributed by atoms with E-state index < -0.39 is 23.3 Å². The molecule has 2 aromatic rings. The molecule has 1 unspecified atom stereocenters. The van der Waals surface area contributed by atoms with E-state index in [2.05, 4.69) is 5.32 Å². The number of nitrogens with one attached hydrogen (secondary N) is 1. The Balaban J connectivity index is 1.79. The lowest BCUT2D eigenvalue weighted by atomic mass is 9.94. The third-order valence-corrected chi connectivity index (χ3v) is 5.12. The summed E-state index contributed by atoms with van der Waals surface area (Å²) in [5, 5.41) is 5.17. The lowest BCUT2D eigenvalue weighted by Crippen LogP contribution is -2.51. The average Bonchev–Trinajstić information content (AvgIpc) is 2.92. The van der Waals surface area contributed by atoms with Gasteiger partial charge in [-0.25, -0.2) is 4.79 Å². The smallest absolute Gasteiger partial charge is 0.410 e. The number of ether oxygens (including phenoxy) is 2. The van der Waals surface area contributed by atoms with Gasteiger partial charge in [0.25, 0.3) is 5.91 Å². The van der Waals surface area contributed by atoms with E-state index in [1.807, 2.05) is 71.9 Å². The number of aryl methyl sites for hydroxylation is 1. The molecular formula is C24H33N3O4. The van der Waals surface area contributed by atoms with Crippen molar-refractivity contribution in [2.75, 3.05) is 19.7 Å². The summed E-state index contributed by atoms with van der Waals surface area (Å²) in [6, 6.07) is 10.0. The molecular weight excluding hydrogens is 394 g/mol. The van der Waals surface area contributed by atoms with Crippen LogP contribution >= 0.6 is 0 Å². The molecule has 3 rings (SSSR count). The Hall–Kier alpha value is -2.67. The van der Waals surface area contributed by atoms with Crippen LogP contribution in [0.2, 0.25) is 0 Å². The first-order chi connectivity index (χ1) is 14.5. The molecule has 1 aliphatic heterocycles. The summed E-state index contributed by atoms with van der Waals surface area (Å²) < 4.78 is 11.3. The SMILES string of the molecule is Cc1cc2ccccc2c(C(C)(C)NC(=O)C2CN(C(=O)OC(C)(C)C)CCCO2)n1. The third-order valence-electron chi connectivity index (χ3n) is 5.12. The van der Waals surface area contributed by atoms with Crippen LogP contribution in [-0.2, 0) is 19.8 Å². The quantitative estimate of drug-likeness (QED) is 0.803. The zero-order chi connectivity index (χ0) is 22.8. The van der Waals surface area contributed by atoms with Crippen molar-refractivity contribution in [3.8, 4) is 0 Å². The molecule has 1 aliphatic rings. The predicted octanol–water partition coefficient (Wildman–Crippen LogP) is 3.92. The van der Waals surface area contributed by atoms with Gasteiger partial charge in [-0.05, 0) is 59.4 Å². The van der Waals surface area contributed by atoms with Gasteiger partial charge in [-0.3, -0.25) is 9.78 Å². The summed E-state index contributed by atoms with van der Waals surface area (Å²) in [4.78, 5) is 32.0. The van der Waals surface area contributed by atoms with Gasteiger partial charge in [0.15, 0.2) is 6.10 Å². The molecule has 1 N–H and O–H groups in total. The van der Waals surface area contributed by atoms with Crippen LogP contribution in [0, 0.1) is 6.92 Å². The molecule has 0 saturated carbocycles. The Bertz CT molecular complexity index is 965. The number of rotatable bonds is 3. The first kappa shape index (κ1) is 23.0. The van der Waals surface area contributed by atoms with Crippen LogP contribution in [0.25, 0.3) is 10.8 Å². The van der Waals surface area contributed by atoms with E-state index in [9.17, 15) is 9.59 Å². The molecule has 2 heterocycles. The maximum Gasteiger partial charge on any atom is 0.410 e. The molecule has 1 saturated heterocycles. The molecule has 0 radical (unpaired) electrons. The van der Waals surface area contributed by atoms with Crippen LogP contribution in [0.4, 0.5) is 4.79 Å². The summed E-state index contributed by atoms with van der Waals surface area (Å²) in [6.07, 6.45) is -0.553. The number of hydrogen-bond donors (Lipinski definition) is 1. The van der Waals surface area contributed by atoms with Crippen LogP contribution in [-0.4, -0.2) is 53.3 Å². The fraction of sp³-hybridized carbons (Fsp3) is 0.542. The first-order valence-corrected chi connectivity index (χ1v) is 10.7. The highest BCUT2D eigenvalue weighted by Gasteiger charge is 2.34. The summed E-state index contributed by atoms with van der Waals surface area (Å²) in [6.45, 7) is 12.3. The molecule has 2 amide bonds. The van der Waals surface area contributed by atoms with Gasteiger partial charge in [0.1, 0.15) is 5.60 Å². The molecule has 168 valence electrons. The Morgan fingerprint density at radius 1 is 1.19 bits per heavy atom. The molecule has 0 bridgehead atoms. The monoisotopic (exact) mass is 427 g/mol. The van der Waals surface area contributed by atoms with Crippen molar-refractivity contribution >= 4 is 22.8 Å². The van der Waals surface area contributed by atoms with Crippen LogP contribution in [0.1, 0.15) is 52.4 Å². The fourth-order valence-electron chi connectivity index (χ4n) is 3.73. The van der Waals surface area contributed by atoms with Gasteiger partial charge in [-0.15, -0.1) is 0 Å². The normalized spacial score (nSPS) is 17.9. The van der Waals surface area contributed by atoms with Crippen LogP contribution in [0.5, 0.6) is 0 Å². The van der Waals surface area contributed by atoms with Crippen molar-refractivity contribution < 1.29 is 19.1 Å². The van der Waals surface area contributed by atoms with Crippen molar-refractivity contribution in [3.63, 3.8) is 0 Å². The van der Waals surface area contributed by atoms with E-state index in [4.69, 9.17) is 14.5 Å². The highest BCUT2D eigenvalue weighted by Crippen LogP contribution is 2.28. The maximum atomic E-state index is 13.2. The minimum atomic E-state index is -0.773. The van der Waals surface area contributed by atoms with Gasteiger partial charge in [0, 0.05) is 24.2 Å². The second-order valence-corrected chi connectivity index (χ2v) is 9.59. The molecule has 1 aromatic heterocycles. The van der Waals surface area contributed by atoms with E-state index in [1.54, 1.807) is 4.90 Å². The Labute approximate surface area is 184 Å². The van der Waals surface area contributed by atoms with Gasteiger partial charge >= 0.3 is 6.09 Å². The molecule has 7 nitrogen and oxygen atoms in total. The van der Waals surface area contributed by atoms with E-state index >= 15 is 0 Å². The van der Waals surface area contributed by atoms with E-state index in [1.165, 1.54) is 0 Å². The minimum Gasteiger partial charge on any atom is -0.444 e. The van der Waals surface area contributed by atoms with E-state index in [0.717, 1.165) is 22.2 Å². The number of hydrogen-bond acceptors (Lipinski definition) is 5. The summed E-state index contributed by atoms with van der Waals surface area (Å²) >= 11 is 0. The Morgan fingerprint density at radius 2 is 1.90 bits per heavy atom. The topological polar surface area (TPSA) is 80.8 Å². The lowest BCUT2D eigenvalue weighted by Gasteiger charge is -2.31. The zero-order valence-corrected chi connectivity index (χ0v) is 19.3. The highest BCUT2D eigenvalue weighted by molar-refractivity contribution is 5.87. The molecule has 1 aromatic carbocycles. The van der Waals surface area contributed by atoms with Crippen molar-refractivity contribution in [1.29, 1.82) is 0 Å². The van der Waals surface area contributed by atoms with Crippen LogP contribution in [0.3, 0.4) is 0 Å². The number of fused-ring (bicyclic) bond motifs is 1. The standard InChI is InChI=1S/C24H33N3O4/c1-16-14-17-10-7-8-11-18(17)20(25-16)24(5,6)26-21(28)19-15-27(12-9-13-30-19)22(29)31-23(2,3)4/h7-8,10-11,14,19H,9,12-13,15H2,1-6H3,(H,26,28). The van der Waals surface area contributed by atoms with Gasteiger partial charge < -0.3 is 19.7 Å². The number of pyridine rings is 1. The molecule has 0 spiro atoms. The van der Waals surface area contributed by atoms with Gasteiger partial charge in [-0.2, -0.15) is 0 Å². The Morgan fingerprint density at radius 3 is 2.61 bits per heavy atom. The zero-order valence-electron chi connectivity index (χ0n) is 19.3. The Kier molecular flexibility index (Phi) is 6.55. The van der Waals surface area contributed by atoms with Gasteiger partial charge in [0.2, 0.25) is 0 Å². The van der Waals surface area contributed by atoms with Crippen LogP contribution in [0.15, 0.2) is 30.3 Å². The number of benzene rings is 1. The third kappa shape index (κ3) is 5.73. The van der Waals surface area contributed by atoms with E-state index in [-0.39, 0.29) is 12.5 Å². The molecule has 7 heteroatoms. The van der Waals surface area contributed by atoms with E-state index in [0.29, 0.717) is 19.6 Å². The van der Waals surface area contributed by atoms with Crippen molar-refractivity contribution in [2.45, 2.75) is 65.2 Å². The number of aromatic nitrogens is 1. The number of carbonyl (C=O) groups is 2. The van der Waals surface area contributed by atoms with Gasteiger partial charge in [-0.1, -0.05) is 24.3 Å². The van der Waals surface area contributed by atoms with Crippen LogP contribution < -0.4 is 5.32 Å². The molecule has 0 aliphatic carbocycles. The lowest BCUT2D eigenvalue weighted by molar-refractivity contribution is -0.134. The summed E-state index contributed by atoms with van der Waals surface area (Å²) in [7, 11) is 0. The molecule has 1 atom stereocenters. The largest absolute Gasteiger partial charge is 0.444 e. The van der Waals surface area contributed by atoms with Crippen molar-refractivity contribution in [1.82, 2.24) is 15.2 Å². The fourth-order valence-corrected chi connectivity index (χ4v) is 3.73. The second kappa shape index (κ2) is 8.83. The number of carbonyl (C=O) groups excluding carboxylic acids is 2.